The lowest BCUT2D eigenvalue weighted by Crippen LogP contribution is -2.59. The van der Waals surface area contributed by atoms with Crippen molar-refractivity contribution in [1.82, 2.24) is 15.2 Å². The molecule has 1 aliphatic heterocycles. The number of benzene rings is 1. The van der Waals surface area contributed by atoms with E-state index in [1.807, 2.05) is 0 Å². The van der Waals surface area contributed by atoms with Crippen LogP contribution in [0.4, 0.5) is 31.1 Å². The number of fused-ring (bicyclic) bond motifs is 1. The number of alkyl halides is 5. The van der Waals surface area contributed by atoms with E-state index in [-0.39, 0.29) is 40.8 Å². The summed E-state index contributed by atoms with van der Waals surface area (Å²) in [6.07, 6.45) is -4.98. The predicted molar refractivity (Wildman–Crippen MR) is 133 cm³/mol. The van der Waals surface area contributed by atoms with Crippen LogP contribution < -0.4 is 10.1 Å². The number of carbonyl (C=O) groups is 2. The van der Waals surface area contributed by atoms with E-state index in [4.69, 9.17) is 13.9 Å². The summed E-state index contributed by atoms with van der Waals surface area (Å²) >= 11 is 0. The van der Waals surface area contributed by atoms with Gasteiger partial charge in [-0.15, -0.1) is 0 Å². The predicted octanol–water partition coefficient (Wildman–Crippen LogP) is 6.25. The summed E-state index contributed by atoms with van der Waals surface area (Å²) in [4.78, 5) is 29.6. The maximum atomic E-state index is 15.0. The fraction of sp³-hybridized carbons (Fsp3) is 0.444. The number of aromatic nitrogens is 1. The Morgan fingerprint density at radius 3 is 2.56 bits per heavy atom. The molecule has 8 nitrogen and oxygen atoms in total. The van der Waals surface area contributed by atoms with Gasteiger partial charge in [0.05, 0.1) is 18.2 Å². The molecule has 222 valence electrons. The molecule has 1 aliphatic rings. The Kier molecular flexibility index (Phi) is 7.89. The number of hydrogen-bond acceptors (Lipinski definition) is 6. The molecule has 0 aliphatic carbocycles. The number of likely N-dealkylation sites (tertiary alicyclic amines) is 1. The Balaban J connectivity index is 1.53. The molecule has 1 N–H and O–H groups in total. The Morgan fingerprint density at radius 2 is 1.93 bits per heavy atom. The number of piperidine rings is 1. The van der Waals surface area contributed by atoms with Crippen molar-refractivity contribution in [1.29, 1.82) is 0 Å². The summed E-state index contributed by atoms with van der Waals surface area (Å²) in [5, 5.41) is 2.28. The number of rotatable bonds is 5. The third kappa shape index (κ3) is 6.68. The third-order valence-electron chi connectivity index (χ3n) is 6.24. The number of nitrogens with zero attached hydrogens (tertiary/aromatic N) is 2. The van der Waals surface area contributed by atoms with Gasteiger partial charge in [-0.05, 0) is 46.2 Å². The molecule has 1 saturated heterocycles. The highest BCUT2D eigenvalue weighted by Gasteiger charge is 2.47. The van der Waals surface area contributed by atoms with E-state index in [0.717, 1.165) is 29.3 Å². The van der Waals surface area contributed by atoms with Crippen LogP contribution >= 0.6 is 0 Å². The van der Waals surface area contributed by atoms with Crippen molar-refractivity contribution in [3.05, 3.63) is 58.9 Å². The Hall–Kier alpha value is -3.97. The van der Waals surface area contributed by atoms with Crippen molar-refractivity contribution >= 4 is 23.0 Å². The normalized spacial score (nSPS) is 17.4. The van der Waals surface area contributed by atoms with Gasteiger partial charge in [0.1, 0.15) is 23.6 Å². The van der Waals surface area contributed by atoms with Crippen molar-refractivity contribution in [3.63, 3.8) is 0 Å². The van der Waals surface area contributed by atoms with Crippen LogP contribution in [0.2, 0.25) is 0 Å². The lowest BCUT2D eigenvalue weighted by atomic mass is 10.00. The first-order chi connectivity index (χ1) is 19.0. The van der Waals surface area contributed by atoms with E-state index in [0.29, 0.717) is 0 Å². The Morgan fingerprint density at radius 1 is 1.22 bits per heavy atom. The summed E-state index contributed by atoms with van der Waals surface area (Å²) in [7, 11) is 0. The smallest absolute Gasteiger partial charge is 0.433 e. The zero-order valence-corrected chi connectivity index (χ0v) is 22.5. The van der Waals surface area contributed by atoms with Crippen LogP contribution in [0, 0.1) is 12.7 Å². The zero-order chi connectivity index (χ0) is 30.3. The van der Waals surface area contributed by atoms with Gasteiger partial charge >= 0.3 is 12.3 Å². The summed E-state index contributed by atoms with van der Waals surface area (Å²) in [6.45, 7) is 4.43. The van der Waals surface area contributed by atoms with Gasteiger partial charge in [-0.1, -0.05) is 6.07 Å². The first-order valence-corrected chi connectivity index (χ1v) is 12.5. The van der Waals surface area contributed by atoms with E-state index in [2.05, 4.69) is 10.3 Å². The van der Waals surface area contributed by atoms with Crippen molar-refractivity contribution in [2.24, 2.45) is 0 Å². The second-order valence-electron chi connectivity index (χ2n) is 10.6. The van der Waals surface area contributed by atoms with Gasteiger partial charge in [0.25, 0.3) is 11.8 Å². The second kappa shape index (κ2) is 10.8. The highest BCUT2D eigenvalue weighted by molar-refractivity contribution is 6.07. The Labute approximate surface area is 230 Å². The number of carbonyl (C=O) groups excluding carboxylic acids is 2. The quantitative estimate of drug-likeness (QED) is 0.355. The van der Waals surface area contributed by atoms with Gasteiger partial charge in [0.2, 0.25) is 0 Å². The number of nitrogens with one attached hydrogen (secondary N) is 1. The molecule has 1 unspecified atom stereocenters. The van der Waals surface area contributed by atoms with Crippen molar-refractivity contribution in [3.8, 4) is 5.75 Å². The SMILES string of the molecule is Cc1oc2cc(F)c(OCc3cccnc3C(F)(F)F)cc2c1C(=O)NC1CCN(C(=O)OC(C)(C)C)CC1(F)F. The third-order valence-corrected chi connectivity index (χ3v) is 6.24. The van der Waals surface area contributed by atoms with Gasteiger partial charge < -0.3 is 24.1 Å². The highest BCUT2D eigenvalue weighted by Crippen LogP contribution is 2.35. The highest BCUT2D eigenvalue weighted by atomic mass is 19.4. The summed E-state index contributed by atoms with van der Waals surface area (Å²) < 4.78 is 100. The van der Waals surface area contributed by atoms with Gasteiger partial charge in [0, 0.05) is 29.8 Å². The summed E-state index contributed by atoms with van der Waals surface area (Å²) in [5.74, 6) is -5.91. The van der Waals surface area contributed by atoms with E-state index in [1.54, 1.807) is 20.8 Å². The summed E-state index contributed by atoms with van der Waals surface area (Å²) in [5.41, 5.74) is -2.69. The number of amides is 2. The van der Waals surface area contributed by atoms with Crippen LogP contribution in [0.15, 0.2) is 34.9 Å². The number of aryl methyl sites for hydroxylation is 1. The topological polar surface area (TPSA) is 93.9 Å². The van der Waals surface area contributed by atoms with Crippen LogP contribution in [0.5, 0.6) is 5.75 Å². The lowest BCUT2D eigenvalue weighted by molar-refractivity contribution is -0.142. The molecular formula is C27H27F6N3O5. The zero-order valence-electron chi connectivity index (χ0n) is 22.5. The van der Waals surface area contributed by atoms with E-state index < -0.39 is 66.2 Å². The first-order valence-electron chi connectivity index (χ1n) is 12.5. The van der Waals surface area contributed by atoms with Crippen LogP contribution in [-0.4, -0.2) is 52.5 Å². The van der Waals surface area contributed by atoms with Crippen molar-refractivity contribution in [2.75, 3.05) is 13.1 Å². The standard InChI is InChI=1S/C27H27F6N3O5/c1-14-21(23(37)35-20-7-9-36(13-26(20,29)30)24(38)41-25(2,3)4)16-10-19(17(28)11-18(16)40-14)39-12-15-6-5-8-34-22(15)27(31,32)33/h5-6,8,10-11,20H,7,9,12-13H2,1-4H3,(H,35,37). The van der Waals surface area contributed by atoms with Gasteiger partial charge in [0.15, 0.2) is 17.3 Å². The number of ether oxygens (including phenoxy) is 2. The van der Waals surface area contributed by atoms with Gasteiger partial charge in [-0.25, -0.2) is 18.0 Å². The summed E-state index contributed by atoms with van der Waals surface area (Å²) in [6, 6.07) is 2.70. The molecule has 14 heteroatoms. The molecule has 0 bridgehead atoms. The molecule has 1 aromatic carbocycles. The van der Waals surface area contributed by atoms with E-state index >= 15 is 0 Å². The molecule has 2 aromatic heterocycles. The maximum absolute atomic E-state index is 15.0. The number of furan rings is 1. The minimum Gasteiger partial charge on any atom is -0.486 e. The molecular weight excluding hydrogens is 560 g/mol. The fourth-order valence-corrected chi connectivity index (χ4v) is 4.41. The van der Waals surface area contributed by atoms with Crippen LogP contribution in [0.3, 0.4) is 0 Å². The van der Waals surface area contributed by atoms with Crippen LogP contribution in [0.25, 0.3) is 11.0 Å². The maximum Gasteiger partial charge on any atom is 0.433 e. The Bertz CT molecular complexity index is 1460. The molecule has 1 fully saturated rings. The largest absolute Gasteiger partial charge is 0.486 e. The van der Waals surface area contributed by atoms with Crippen LogP contribution in [0.1, 0.15) is 54.6 Å². The minimum absolute atomic E-state index is 0.00447. The number of hydrogen-bond donors (Lipinski definition) is 1. The average molecular weight is 588 g/mol. The van der Waals surface area contributed by atoms with Gasteiger partial charge in [-0.2, -0.15) is 13.2 Å². The van der Waals surface area contributed by atoms with E-state index in [1.165, 1.54) is 13.0 Å². The van der Waals surface area contributed by atoms with E-state index in [9.17, 15) is 35.9 Å². The molecule has 2 amide bonds. The molecule has 0 radical (unpaired) electrons. The van der Waals surface area contributed by atoms with Crippen molar-refractivity contribution in [2.45, 2.75) is 64.5 Å². The lowest BCUT2D eigenvalue weighted by Gasteiger charge is -2.38. The van der Waals surface area contributed by atoms with Crippen LogP contribution in [-0.2, 0) is 17.5 Å². The molecule has 0 saturated carbocycles. The monoisotopic (exact) mass is 587 g/mol. The molecule has 3 heterocycles. The van der Waals surface area contributed by atoms with Gasteiger partial charge in [-0.3, -0.25) is 9.78 Å². The van der Waals surface area contributed by atoms with Crippen molar-refractivity contribution < 1.29 is 49.8 Å². The number of pyridine rings is 1. The minimum atomic E-state index is -4.76. The second-order valence-corrected chi connectivity index (χ2v) is 10.6. The fourth-order valence-electron chi connectivity index (χ4n) is 4.41. The molecule has 3 aromatic rings. The molecule has 41 heavy (non-hydrogen) atoms. The number of halogens is 6. The first kappa shape index (κ1) is 30.0. The molecule has 4 rings (SSSR count). The molecule has 0 spiro atoms. The average Bonchev–Trinajstić information content (AvgIpc) is 3.16. The molecule has 1 atom stereocenters.